The van der Waals surface area contributed by atoms with Gasteiger partial charge in [0.25, 0.3) is 0 Å². The van der Waals surface area contributed by atoms with Crippen LogP contribution in [-0.4, -0.2) is 15.0 Å². The van der Waals surface area contributed by atoms with E-state index in [9.17, 15) is 0 Å². The lowest BCUT2D eigenvalue weighted by Crippen LogP contribution is -2.15. The van der Waals surface area contributed by atoms with Crippen LogP contribution in [0.25, 0.3) is 100 Å². The molecule has 2 aliphatic rings. The number of fused-ring (bicyclic) bond motifs is 13. The minimum Gasteiger partial charge on any atom is -0.455 e. The maximum absolute atomic E-state index is 6.85. The van der Waals surface area contributed by atoms with Crippen molar-refractivity contribution in [1.82, 2.24) is 15.0 Å². The highest BCUT2D eigenvalue weighted by atomic mass is 16.3. The molecule has 2 aliphatic carbocycles. The van der Waals surface area contributed by atoms with Crippen molar-refractivity contribution in [1.29, 1.82) is 0 Å². The molecule has 56 heavy (non-hydrogen) atoms. The summed E-state index contributed by atoms with van der Waals surface area (Å²) in [6.07, 6.45) is 0. The van der Waals surface area contributed by atoms with Gasteiger partial charge in [0, 0.05) is 37.9 Å². The van der Waals surface area contributed by atoms with Gasteiger partial charge in [-0.3, -0.25) is 0 Å². The van der Waals surface area contributed by atoms with Crippen LogP contribution in [0.5, 0.6) is 0 Å². The number of aromatic nitrogens is 3. The maximum Gasteiger partial charge on any atom is 0.167 e. The minimum absolute atomic E-state index is 0.122. The largest absolute Gasteiger partial charge is 0.455 e. The van der Waals surface area contributed by atoms with Crippen molar-refractivity contribution < 1.29 is 8.83 Å². The normalized spacial score (nSPS) is 14.7. The zero-order chi connectivity index (χ0) is 37.5. The summed E-state index contributed by atoms with van der Waals surface area (Å²) >= 11 is 0. The highest BCUT2D eigenvalue weighted by Crippen LogP contribution is 2.54. The predicted octanol–water partition coefficient (Wildman–Crippen LogP) is 13.3. The summed E-state index contributed by atoms with van der Waals surface area (Å²) in [4.78, 5) is 15.8. The van der Waals surface area contributed by atoms with Gasteiger partial charge in [-0.1, -0.05) is 137 Å². The first-order chi connectivity index (χ1) is 27.3. The van der Waals surface area contributed by atoms with Crippen LogP contribution in [-0.2, 0) is 10.8 Å². The highest BCUT2D eigenvalue weighted by Gasteiger charge is 2.38. The quantitative estimate of drug-likeness (QED) is 0.182. The lowest BCUT2D eigenvalue weighted by Gasteiger charge is -2.21. The van der Waals surface area contributed by atoms with Crippen molar-refractivity contribution in [3.63, 3.8) is 0 Å². The molecule has 3 aromatic heterocycles. The molecule has 0 bridgehead atoms. The van der Waals surface area contributed by atoms with Gasteiger partial charge in [-0.05, 0) is 74.8 Å². The topological polar surface area (TPSA) is 65.0 Å². The van der Waals surface area contributed by atoms with Crippen molar-refractivity contribution in [3.05, 3.63) is 162 Å². The van der Waals surface area contributed by atoms with Crippen LogP contribution in [0.2, 0.25) is 0 Å². The van der Waals surface area contributed by atoms with Gasteiger partial charge in [0.1, 0.15) is 22.3 Å². The maximum atomic E-state index is 6.85. The van der Waals surface area contributed by atoms with Gasteiger partial charge in [-0.25, -0.2) is 15.0 Å². The molecule has 0 unspecified atom stereocenters. The molecule has 5 heteroatoms. The third-order valence-corrected chi connectivity index (χ3v) is 12.6. The molecule has 10 aromatic rings. The number of nitrogens with zero attached hydrogens (tertiary/aromatic N) is 3. The highest BCUT2D eigenvalue weighted by molar-refractivity contribution is 6.17. The summed E-state index contributed by atoms with van der Waals surface area (Å²) < 4.78 is 13.4. The second-order valence-corrected chi connectivity index (χ2v) is 16.3. The van der Waals surface area contributed by atoms with Crippen LogP contribution >= 0.6 is 0 Å². The molecular formula is C51H35N3O2. The molecule has 0 atom stereocenters. The van der Waals surface area contributed by atoms with Gasteiger partial charge in [-0.15, -0.1) is 0 Å². The van der Waals surface area contributed by atoms with Gasteiger partial charge >= 0.3 is 0 Å². The fraction of sp³-hybridized carbons (Fsp3) is 0.118. The van der Waals surface area contributed by atoms with Crippen molar-refractivity contribution >= 4 is 43.9 Å². The molecule has 5 nitrogen and oxygen atoms in total. The van der Waals surface area contributed by atoms with Crippen LogP contribution in [0, 0.1) is 0 Å². The van der Waals surface area contributed by atoms with E-state index < -0.39 is 0 Å². The lowest BCUT2D eigenvalue weighted by molar-refractivity contribution is 0.657. The van der Waals surface area contributed by atoms with Crippen LogP contribution in [0.1, 0.15) is 49.9 Å². The molecule has 0 spiro atoms. The first kappa shape index (κ1) is 31.5. The Balaban J connectivity index is 1.12. The first-order valence-electron chi connectivity index (χ1n) is 19.3. The standard InChI is InChI=1S/C51H35N3O2/c1-50(2)38-21-9-6-15-33(38)43-39(50)25-26-42-44(43)34-17-12-19-36(46(34)56-42)49-53-47(28-23-24-30-29-13-5-8-20-37(29)51(3,4)40(30)27-28)52-48(54-49)35-18-11-16-32-31-14-7-10-22-41(31)55-45(32)35/h5-27H,1-4H3. The van der Waals surface area contributed by atoms with E-state index in [1.807, 2.05) is 24.3 Å². The molecule has 0 saturated carbocycles. The second-order valence-electron chi connectivity index (χ2n) is 16.3. The van der Waals surface area contributed by atoms with Crippen LogP contribution in [0.15, 0.2) is 148 Å². The average molecular weight is 722 g/mol. The molecular weight excluding hydrogens is 687 g/mol. The number of para-hydroxylation sites is 3. The van der Waals surface area contributed by atoms with Crippen LogP contribution in [0.4, 0.5) is 0 Å². The molecule has 3 heterocycles. The van der Waals surface area contributed by atoms with Gasteiger partial charge in [0.2, 0.25) is 0 Å². The molecule has 0 aliphatic heterocycles. The fourth-order valence-electron chi connectivity index (χ4n) is 9.77. The monoisotopic (exact) mass is 721 g/mol. The lowest BCUT2D eigenvalue weighted by atomic mass is 9.82. The Morgan fingerprint density at radius 2 is 0.946 bits per heavy atom. The van der Waals surface area contributed by atoms with Crippen LogP contribution < -0.4 is 0 Å². The summed E-state index contributed by atoms with van der Waals surface area (Å²) in [6, 6.07) is 49.1. The number of hydrogen-bond donors (Lipinski definition) is 0. The van der Waals surface area contributed by atoms with Crippen molar-refractivity contribution in [2.75, 3.05) is 0 Å². The fourth-order valence-corrected chi connectivity index (χ4v) is 9.77. The molecule has 0 saturated heterocycles. The number of benzene rings is 7. The minimum atomic E-state index is -0.173. The van der Waals surface area contributed by atoms with E-state index in [-0.39, 0.29) is 10.8 Å². The molecule has 7 aromatic carbocycles. The van der Waals surface area contributed by atoms with Gasteiger partial charge in [0.15, 0.2) is 17.5 Å². The van der Waals surface area contributed by atoms with E-state index in [0.29, 0.717) is 17.5 Å². The van der Waals surface area contributed by atoms with E-state index >= 15 is 0 Å². The van der Waals surface area contributed by atoms with Gasteiger partial charge in [0.05, 0.1) is 11.1 Å². The zero-order valence-corrected chi connectivity index (χ0v) is 31.4. The molecule has 12 rings (SSSR count). The summed E-state index contributed by atoms with van der Waals surface area (Å²) in [7, 11) is 0. The Bertz CT molecular complexity index is 3330. The summed E-state index contributed by atoms with van der Waals surface area (Å²) in [6.45, 7) is 9.22. The second kappa shape index (κ2) is 10.9. The Morgan fingerprint density at radius 1 is 0.393 bits per heavy atom. The van der Waals surface area contributed by atoms with E-state index in [1.165, 1.54) is 44.5 Å². The third kappa shape index (κ3) is 4.12. The van der Waals surface area contributed by atoms with E-state index in [1.54, 1.807) is 0 Å². The van der Waals surface area contributed by atoms with Gasteiger partial charge < -0.3 is 8.83 Å². The Labute approximate surface area is 323 Å². The number of hydrogen-bond acceptors (Lipinski definition) is 5. The smallest absolute Gasteiger partial charge is 0.167 e. The SMILES string of the molecule is CC1(C)c2ccccc2-c2ccc(-c3nc(-c4cccc5c4oc4ccccc45)nc(-c4cccc5c4oc4ccc6c(c45)-c4ccccc4C6(C)C)n3)cc21. The molecule has 0 amide bonds. The number of rotatable bonds is 3. The molecule has 0 fully saturated rings. The van der Waals surface area contributed by atoms with Crippen molar-refractivity contribution in [3.8, 4) is 56.4 Å². The third-order valence-electron chi connectivity index (χ3n) is 12.6. The van der Waals surface area contributed by atoms with Crippen molar-refractivity contribution in [2.45, 2.75) is 38.5 Å². The first-order valence-corrected chi connectivity index (χ1v) is 19.3. The Morgan fingerprint density at radius 3 is 1.73 bits per heavy atom. The molecule has 0 radical (unpaired) electrons. The van der Waals surface area contributed by atoms with Crippen LogP contribution in [0.3, 0.4) is 0 Å². The zero-order valence-electron chi connectivity index (χ0n) is 31.4. The molecule has 266 valence electrons. The predicted molar refractivity (Wildman–Crippen MR) is 226 cm³/mol. The summed E-state index contributed by atoms with van der Waals surface area (Å²) in [5, 5.41) is 4.25. The van der Waals surface area contributed by atoms with E-state index in [2.05, 4.69) is 143 Å². The number of furan rings is 2. The average Bonchev–Trinajstić information content (AvgIpc) is 3.93. The Hall–Kier alpha value is -6.85. The van der Waals surface area contributed by atoms with Gasteiger partial charge in [-0.2, -0.15) is 0 Å². The summed E-state index contributed by atoms with van der Waals surface area (Å²) in [5.41, 5.74) is 15.7. The molecule has 0 N–H and O–H groups in total. The summed E-state index contributed by atoms with van der Waals surface area (Å²) in [5.74, 6) is 1.68. The van der Waals surface area contributed by atoms with Crippen molar-refractivity contribution in [2.24, 2.45) is 0 Å². The van der Waals surface area contributed by atoms with E-state index in [4.69, 9.17) is 23.8 Å². The van der Waals surface area contributed by atoms with E-state index in [0.717, 1.165) is 60.6 Å². The Kier molecular flexibility index (Phi) is 6.12.